The molecule has 0 aliphatic heterocycles. The summed E-state index contributed by atoms with van der Waals surface area (Å²) in [5, 5.41) is 38.0. The molecule has 3 rings (SSSR count). The first-order valence-electron chi connectivity index (χ1n) is 7.42. The first kappa shape index (κ1) is 15.0. The lowest BCUT2D eigenvalue weighted by atomic mass is 9.97. The van der Waals surface area contributed by atoms with Gasteiger partial charge in [-0.2, -0.15) is 0 Å². The summed E-state index contributed by atoms with van der Waals surface area (Å²) >= 11 is 0. The van der Waals surface area contributed by atoms with Gasteiger partial charge in [0, 0.05) is 0 Å². The summed E-state index contributed by atoms with van der Waals surface area (Å²) in [6.45, 7) is 0. The molecule has 0 atom stereocenters. The van der Waals surface area contributed by atoms with Gasteiger partial charge >= 0.3 is 0 Å². The molecule has 0 fully saturated rings. The van der Waals surface area contributed by atoms with E-state index in [1.807, 2.05) is 0 Å². The first-order valence-corrected chi connectivity index (χ1v) is 7.42. The highest BCUT2D eigenvalue weighted by Crippen LogP contribution is 2.31. The van der Waals surface area contributed by atoms with Crippen molar-refractivity contribution in [2.24, 2.45) is 0 Å². The normalized spacial score (nSPS) is 13.7. The number of benzene rings is 2. The van der Waals surface area contributed by atoms with Crippen LogP contribution in [0.25, 0.3) is 0 Å². The average Bonchev–Trinajstić information content (AvgIpc) is 2.94. The Hall–Kier alpha value is -2.88. The van der Waals surface area contributed by atoms with Crippen LogP contribution in [-0.2, 0) is 12.8 Å². The van der Waals surface area contributed by atoms with Crippen molar-refractivity contribution in [3.05, 3.63) is 70.8 Å². The molecule has 0 saturated heterocycles. The molecule has 1 aliphatic carbocycles. The molecule has 0 radical (unpaired) electrons. The Morgan fingerprint density at radius 1 is 0.696 bits per heavy atom. The van der Waals surface area contributed by atoms with Gasteiger partial charge in [-0.3, -0.25) is 0 Å². The van der Waals surface area contributed by atoms with Crippen LogP contribution >= 0.6 is 0 Å². The molecule has 0 saturated carbocycles. The number of phenolic OH excluding ortho intramolecular Hbond substituents is 4. The van der Waals surface area contributed by atoms with Crippen LogP contribution in [0.3, 0.4) is 0 Å². The molecule has 0 aromatic heterocycles. The second-order valence-corrected chi connectivity index (χ2v) is 5.73. The summed E-state index contributed by atoms with van der Waals surface area (Å²) in [7, 11) is 0. The van der Waals surface area contributed by atoms with Gasteiger partial charge in [0.1, 0.15) is 0 Å². The van der Waals surface area contributed by atoms with Gasteiger partial charge in [-0.25, -0.2) is 0 Å². The fourth-order valence-corrected chi connectivity index (χ4v) is 2.79. The number of phenols is 4. The van der Waals surface area contributed by atoms with Gasteiger partial charge in [-0.05, 0) is 60.2 Å². The smallest absolute Gasteiger partial charge is 0.157 e. The summed E-state index contributed by atoms with van der Waals surface area (Å²) < 4.78 is 0. The molecular weight excluding hydrogens is 292 g/mol. The Morgan fingerprint density at radius 2 is 1.26 bits per heavy atom. The molecular formula is C19H18O4. The standard InChI is InChI=1S/C19H18O4/c20-16-6-4-12(10-18(16)22)8-14-2-1-3-15(14)9-13-5-7-17(21)19(23)11-13/h1-2,4-7,10-11,20-23H,3,8-9H2. The topological polar surface area (TPSA) is 80.9 Å². The Balaban J connectivity index is 1.81. The van der Waals surface area contributed by atoms with Gasteiger partial charge in [-0.1, -0.05) is 29.9 Å². The largest absolute Gasteiger partial charge is 0.504 e. The molecule has 118 valence electrons. The zero-order chi connectivity index (χ0) is 16.4. The van der Waals surface area contributed by atoms with Crippen LogP contribution in [0, 0.1) is 0 Å². The lowest BCUT2D eigenvalue weighted by Gasteiger charge is -2.10. The maximum atomic E-state index is 9.60. The molecule has 4 nitrogen and oxygen atoms in total. The quantitative estimate of drug-likeness (QED) is 0.651. The van der Waals surface area contributed by atoms with E-state index in [1.54, 1.807) is 24.3 Å². The van der Waals surface area contributed by atoms with Crippen LogP contribution < -0.4 is 0 Å². The van der Waals surface area contributed by atoms with Crippen molar-refractivity contribution < 1.29 is 20.4 Å². The molecule has 4 heteroatoms. The second-order valence-electron chi connectivity index (χ2n) is 5.73. The fraction of sp³-hybridized carbons (Fsp3) is 0.158. The number of allylic oxidation sites excluding steroid dienone is 4. The zero-order valence-corrected chi connectivity index (χ0v) is 12.5. The Labute approximate surface area is 134 Å². The third kappa shape index (κ3) is 3.31. The minimum Gasteiger partial charge on any atom is -0.504 e. The first-order chi connectivity index (χ1) is 11.0. The van der Waals surface area contributed by atoms with Gasteiger partial charge in [0.2, 0.25) is 0 Å². The van der Waals surface area contributed by atoms with Gasteiger partial charge in [0.25, 0.3) is 0 Å². The maximum Gasteiger partial charge on any atom is 0.157 e. The van der Waals surface area contributed by atoms with E-state index in [0.717, 1.165) is 17.5 Å². The van der Waals surface area contributed by atoms with Gasteiger partial charge in [-0.15, -0.1) is 0 Å². The molecule has 0 spiro atoms. The van der Waals surface area contributed by atoms with Crippen LogP contribution in [-0.4, -0.2) is 20.4 Å². The Morgan fingerprint density at radius 3 is 1.83 bits per heavy atom. The second kappa shape index (κ2) is 6.08. The number of rotatable bonds is 4. The van der Waals surface area contributed by atoms with Crippen LogP contribution in [0.1, 0.15) is 17.5 Å². The summed E-state index contributed by atoms with van der Waals surface area (Å²) in [5.74, 6) is -0.467. The van der Waals surface area contributed by atoms with E-state index in [1.165, 1.54) is 23.3 Å². The highest BCUT2D eigenvalue weighted by Gasteiger charge is 2.12. The average molecular weight is 310 g/mol. The molecule has 0 unspecified atom stereocenters. The van der Waals surface area contributed by atoms with E-state index in [2.05, 4.69) is 12.2 Å². The maximum absolute atomic E-state index is 9.60. The van der Waals surface area contributed by atoms with Crippen LogP contribution in [0.5, 0.6) is 23.0 Å². The lowest BCUT2D eigenvalue weighted by molar-refractivity contribution is 0.403. The summed E-state index contributed by atoms with van der Waals surface area (Å²) in [6, 6.07) is 9.71. The molecule has 2 aromatic carbocycles. The van der Waals surface area contributed by atoms with E-state index in [4.69, 9.17) is 0 Å². The minimum atomic E-state index is -0.121. The van der Waals surface area contributed by atoms with Gasteiger partial charge < -0.3 is 20.4 Å². The summed E-state index contributed by atoms with van der Waals surface area (Å²) in [5.41, 5.74) is 4.27. The lowest BCUT2D eigenvalue weighted by Crippen LogP contribution is -1.95. The SMILES string of the molecule is Oc1ccc(CC2=C(Cc3ccc(O)c(O)c3)CC=C2)cc1O. The van der Waals surface area contributed by atoms with Crippen molar-refractivity contribution in [2.75, 3.05) is 0 Å². The monoisotopic (exact) mass is 310 g/mol. The van der Waals surface area contributed by atoms with E-state index in [9.17, 15) is 20.4 Å². The van der Waals surface area contributed by atoms with Crippen molar-refractivity contribution in [3.8, 4) is 23.0 Å². The molecule has 0 bridgehead atoms. The molecule has 23 heavy (non-hydrogen) atoms. The summed E-state index contributed by atoms with van der Waals surface area (Å²) in [6.07, 6.45) is 6.37. The molecule has 2 aromatic rings. The van der Waals surface area contributed by atoms with E-state index >= 15 is 0 Å². The molecule has 0 amide bonds. The van der Waals surface area contributed by atoms with Crippen LogP contribution in [0.4, 0.5) is 0 Å². The highest BCUT2D eigenvalue weighted by atomic mass is 16.3. The predicted molar refractivity (Wildman–Crippen MR) is 87.7 cm³/mol. The fourth-order valence-electron chi connectivity index (χ4n) is 2.79. The van der Waals surface area contributed by atoms with Crippen molar-refractivity contribution in [1.29, 1.82) is 0 Å². The predicted octanol–water partition coefficient (Wildman–Crippen LogP) is 3.55. The minimum absolute atomic E-state index is 0.112. The van der Waals surface area contributed by atoms with Gasteiger partial charge in [0.15, 0.2) is 23.0 Å². The Kier molecular flexibility index (Phi) is 3.98. The molecule has 4 N–H and O–H groups in total. The number of hydrogen-bond acceptors (Lipinski definition) is 4. The summed E-state index contributed by atoms with van der Waals surface area (Å²) in [4.78, 5) is 0. The third-order valence-corrected chi connectivity index (χ3v) is 4.03. The molecule has 1 aliphatic rings. The number of hydrogen-bond donors (Lipinski definition) is 4. The van der Waals surface area contributed by atoms with Crippen LogP contribution in [0.15, 0.2) is 59.7 Å². The molecule has 0 heterocycles. The number of aromatic hydroxyl groups is 4. The Bertz CT molecular complexity index is 803. The van der Waals surface area contributed by atoms with Crippen molar-refractivity contribution in [2.45, 2.75) is 19.3 Å². The van der Waals surface area contributed by atoms with Crippen LogP contribution in [0.2, 0.25) is 0 Å². The van der Waals surface area contributed by atoms with Gasteiger partial charge in [0.05, 0.1) is 0 Å². The van der Waals surface area contributed by atoms with E-state index in [0.29, 0.717) is 12.8 Å². The van der Waals surface area contributed by atoms with E-state index < -0.39 is 0 Å². The van der Waals surface area contributed by atoms with Crippen molar-refractivity contribution in [1.82, 2.24) is 0 Å². The van der Waals surface area contributed by atoms with Crippen molar-refractivity contribution >= 4 is 0 Å². The van der Waals surface area contributed by atoms with Crippen molar-refractivity contribution in [3.63, 3.8) is 0 Å². The zero-order valence-electron chi connectivity index (χ0n) is 12.5. The highest BCUT2D eigenvalue weighted by molar-refractivity contribution is 5.47. The third-order valence-electron chi connectivity index (χ3n) is 4.03. The van der Waals surface area contributed by atoms with E-state index in [-0.39, 0.29) is 23.0 Å².